The highest BCUT2D eigenvalue weighted by Crippen LogP contribution is 2.29. The average molecular weight is 240 g/mol. The van der Waals surface area contributed by atoms with Crippen LogP contribution in [0.2, 0.25) is 5.15 Å². The Morgan fingerprint density at radius 2 is 2.25 bits per heavy atom. The number of hydrogen-bond donors (Lipinski definition) is 0. The molecule has 2 rings (SSSR count). The van der Waals surface area contributed by atoms with Crippen molar-refractivity contribution in [3.05, 3.63) is 34.7 Å². The molecule has 16 heavy (non-hydrogen) atoms. The summed E-state index contributed by atoms with van der Waals surface area (Å²) >= 11 is 6.09. The van der Waals surface area contributed by atoms with E-state index in [1.807, 2.05) is 11.5 Å². The minimum Gasteiger partial charge on any atom is -0.331 e. The normalized spacial score (nSPS) is 10.9. The predicted molar refractivity (Wildman–Crippen MR) is 62.6 cm³/mol. The smallest absolute Gasteiger partial charge is 0.153 e. The van der Waals surface area contributed by atoms with Crippen molar-refractivity contribution < 1.29 is 9.18 Å². The Kier molecular flexibility index (Phi) is 2.97. The van der Waals surface area contributed by atoms with E-state index in [2.05, 4.69) is 0 Å². The van der Waals surface area contributed by atoms with Gasteiger partial charge >= 0.3 is 0 Å². The molecule has 0 aliphatic rings. The number of carbonyl (C=O) groups excluding carboxylic acids is 1. The number of aromatic nitrogens is 1. The zero-order valence-corrected chi connectivity index (χ0v) is 9.59. The third-order valence-electron chi connectivity index (χ3n) is 2.56. The maximum absolute atomic E-state index is 13.1. The molecule has 0 spiro atoms. The molecular weight excluding hydrogens is 229 g/mol. The van der Waals surface area contributed by atoms with Crippen LogP contribution in [0.5, 0.6) is 0 Å². The summed E-state index contributed by atoms with van der Waals surface area (Å²) in [5.74, 6) is -0.360. The van der Waals surface area contributed by atoms with E-state index in [1.165, 1.54) is 12.1 Å². The molecule has 0 aliphatic carbocycles. The van der Waals surface area contributed by atoms with Crippen LogP contribution in [-0.2, 0) is 6.54 Å². The third kappa shape index (κ3) is 1.61. The first-order valence-corrected chi connectivity index (χ1v) is 5.49. The molecule has 4 heteroatoms. The van der Waals surface area contributed by atoms with Gasteiger partial charge in [-0.25, -0.2) is 4.39 Å². The van der Waals surface area contributed by atoms with E-state index in [-0.39, 0.29) is 5.82 Å². The Labute approximate surface area is 97.6 Å². The first-order valence-electron chi connectivity index (χ1n) is 5.11. The van der Waals surface area contributed by atoms with Crippen LogP contribution >= 0.6 is 11.6 Å². The van der Waals surface area contributed by atoms with E-state index in [1.54, 1.807) is 6.07 Å². The van der Waals surface area contributed by atoms with Gasteiger partial charge in [-0.1, -0.05) is 18.5 Å². The SMILES string of the molecule is CCCn1c(Cl)c(C=O)c2cc(F)ccc21. The minimum atomic E-state index is -0.360. The minimum absolute atomic E-state index is 0.360. The predicted octanol–water partition coefficient (Wildman–Crippen LogP) is 3.66. The van der Waals surface area contributed by atoms with Crippen molar-refractivity contribution in [2.24, 2.45) is 0 Å². The summed E-state index contributed by atoms with van der Waals surface area (Å²) in [4.78, 5) is 10.9. The Bertz CT molecular complexity index is 547. The van der Waals surface area contributed by atoms with Crippen molar-refractivity contribution in [1.82, 2.24) is 4.57 Å². The second-order valence-corrected chi connectivity index (χ2v) is 3.99. The van der Waals surface area contributed by atoms with Gasteiger partial charge in [-0.2, -0.15) is 0 Å². The van der Waals surface area contributed by atoms with Crippen LogP contribution < -0.4 is 0 Å². The molecule has 0 aliphatic heterocycles. The fourth-order valence-corrected chi connectivity index (χ4v) is 2.20. The lowest BCUT2D eigenvalue weighted by Crippen LogP contribution is -1.96. The summed E-state index contributed by atoms with van der Waals surface area (Å²) in [6.45, 7) is 2.74. The van der Waals surface area contributed by atoms with Crippen LogP contribution in [0.15, 0.2) is 18.2 Å². The van der Waals surface area contributed by atoms with Crippen molar-refractivity contribution in [2.75, 3.05) is 0 Å². The Hall–Kier alpha value is -1.35. The highest BCUT2D eigenvalue weighted by Gasteiger charge is 2.14. The van der Waals surface area contributed by atoms with Crippen molar-refractivity contribution in [3.8, 4) is 0 Å². The van der Waals surface area contributed by atoms with Gasteiger partial charge in [0.1, 0.15) is 11.0 Å². The molecule has 0 atom stereocenters. The standard InChI is InChI=1S/C12H11ClFNO/c1-2-5-15-11-4-3-8(14)6-9(11)10(7-16)12(15)13/h3-4,6-7H,2,5H2,1H3. The van der Waals surface area contributed by atoms with E-state index in [0.717, 1.165) is 18.5 Å². The van der Waals surface area contributed by atoms with E-state index >= 15 is 0 Å². The molecule has 2 aromatic rings. The van der Waals surface area contributed by atoms with E-state index in [0.29, 0.717) is 22.4 Å². The lowest BCUT2D eigenvalue weighted by molar-refractivity contribution is 0.112. The number of carbonyl (C=O) groups is 1. The van der Waals surface area contributed by atoms with Crippen LogP contribution in [0.1, 0.15) is 23.7 Å². The van der Waals surface area contributed by atoms with Crippen LogP contribution in [-0.4, -0.2) is 10.9 Å². The summed E-state index contributed by atoms with van der Waals surface area (Å²) in [7, 11) is 0. The van der Waals surface area contributed by atoms with Crippen LogP contribution in [0.4, 0.5) is 4.39 Å². The number of aryl methyl sites for hydroxylation is 1. The number of benzene rings is 1. The number of aldehydes is 1. The summed E-state index contributed by atoms with van der Waals surface area (Å²) < 4.78 is 14.9. The zero-order valence-electron chi connectivity index (χ0n) is 8.84. The van der Waals surface area contributed by atoms with Gasteiger partial charge in [0, 0.05) is 11.9 Å². The molecule has 0 saturated heterocycles. The first-order chi connectivity index (χ1) is 7.69. The molecule has 2 nitrogen and oxygen atoms in total. The summed E-state index contributed by atoms with van der Waals surface area (Å²) in [5.41, 5.74) is 1.17. The number of nitrogens with zero attached hydrogens (tertiary/aromatic N) is 1. The van der Waals surface area contributed by atoms with E-state index in [4.69, 9.17) is 11.6 Å². The Balaban J connectivity index is 2.80. The molecular formula is C12H11ClFNO. The van der Waals surface area contributed by atoms with Crippen LogP contribution in [0, 0.1) is 5.82 Å². The van der Waals surface area contributed by atoms with Gasteiger partial charge in [-0.05, 0) is 24.6 Å². The van der Waals surface area contributed by atoms with E-state index in [9.17, 15) is 9.18 Å². The quantitative estimate of drug-likeness (QED) is 0.750. The van der Waals surface area contributed by atoms with Crippen molar-refractivity contribution in [3.63, 3.8) is 0 Å². The molecule has 0 unspecified atom stereocenters. The second-order valence-electron chi connectivity index (χ2n) is 3.64. The van der Waals surface area contributed by atoms with Gasteiger partial charge < -0.3 is 4.57 Å². The fourth-order valence-electron chi connectivity index (χ4n) is 1.88. The van der Waals surface area contributed by atoms with Gasteiger partial charge in [0.25, 0.3) is 0 Å². The Morgan fingerprint density at radius 1 is 1.50 bits per heavy atom. The number of rotatable bonds is 3. The second kappa shape index (κ2) is 4.26. The molecule has 0 fully saturated rings. The van der Waals surface area contributed by atoms with Crippen molar-refractivity contribution in [1.29, 1.82) is 0 Å². The van der Waals surface area contributed by atoms with Gasteiger partial charge in [0.05, 0.1) is 11.1 Å². The topological polar surface area (TPSA) is 22.0 Å². The highest BCUT2D eigenvalue weighted by molar-refractivity contribution is 6.34. The summed E-state index contributed by atoms with van der Waals surface area (Å²) in [6, 6.07) is 4.37. The van der Waals surface area contributed by atoms with Gasteiger partial charge in [-0.3, -0.25) is 4.79 Å². The zero-order chi connectivity index (χ0) is 11.7. The number of fused-ring (bicyclic) bond motifs is 1. The maximum atomic E-state index is 13.1. The highest BCUT2D eigenvalue weighted by atomic mass is 35.5. The molecule has 0 bridgehead atoms. The molecule has 1 heterocycles. The molecule has 84 valence electrons. The van der Waals surface area contributed by atoms with Gasteiger partial charge in [0.15, 0.2) is 6.29 Å². The monoisotopic (exact) mass is 239 g/mol. The first kappa shape index (κ1) is 11.1. The van der Waals surface area contributed by atoms with Crippen molar-refractivity contribution in [2.45, 2.75) is 19.9 Å². The van der Waals surface area contributed by atoms with Crippen LogP contribution in [0.25, 0.3) is 10.9 Å². The lowest BCUT2D eigenvalue weighted by atomic mass is 10.2. The third-order valence-corrected chi connectivity index (χ3v) is 2.97. The molecule has 1 aromatic carbocycles. The molecule has 0 N–H and O–H groups in total. The largest absolute Gasteiger partial charge is 0.331 e. The molecule has 0 radical (unpaired) electrons. The van der Waals surface area contributed by atoms with E-state index < -0.39 is 0 Å². The number of halogens is 2. The Morgan fingerprint density at radius 3 is 2.88 bits per heavy atom. The average Bonchev–Trinajstić information content (AvgIpc) is 2.52. The van der Waals surface area contributed by atoms with Gasteiger partial charge in [0.2, 0.25) is 0 Å². The maximum Gasteiger partial charge on any atom is 0.153 e. The molecule has 0 amide bonds. The molecule has 1 aromatic heterocycles. The fraction of sp³-hybridized carbons (Fsp3) is 0.250. The number of hydrogen-bond acceptors (Lipinski definition) is 1. The van der Waals surface area contributed by atoms with Gasteiger partial charge in [-0.15, -0.1) is 0 Å². The summed E-state index contributed by atoms with van der Waals surface area (Å²) in [6.07, 6.45) is 1.58. The van der Waals surface area contributed by atoms with Crippen molar-refractivity contribution >= 4 is 28.8 Å². The lowest BCUT2D eigenvalue weighted by Gasteiger charge is -2.04. The molecule has 0 saturated carbocycles. The van der Waals surface area contributed by atoms with Crippen LogP contribution in [0.3, 0.4) is 0 Å². The summed E-state index contributed by atoms with van der Waals surface area (Å²) in [5, 5.41) is 0.964.